The number of ether oxygens (including phenoxy) is 1. The van der Waals surface area contributed by atoms with E-state index in [0.29, 0.717) is 38.6 Å². The van der Waals surface area contributed by atoms with Crippen molar-refractivity contribution in [3.05, 3.63) is 0 Å². The Morgan fingerprint density at radius 1 is 1.56 bits per heavy atom. The van der Waals surface area contributed by atoms with Crippen molar-refractivity contribution >= 4 is 5.91 Å². The molecule has 1 heterocycles. The molecular formula is C11H22N2O3. The maximum atomic E-state index is 10.9. The molecule has 3 N–H and O–H groups in total. The van der Waals surface area contributed by atoms with Gasteiger partial charge >= 0.3 is 0 Å². The van der Waals surface area contributed by atoms with Crippen LogP contribution in [0.5, 0.6) is 0 Å². The van der Waals surface area contributed by atoms with Gasteiger partial charge in [-0.15, -0.1) is 0 Å². The minimum atomic E-state index is -0.505. The summed E-state index contributed by atoms with van der Waals surface area (Å²) in [5.74, 6) is 0.555. The summed E-state index contributed by atoms with van der Waals surface area (Å²) in [6.45, 7) is 6.27. The third kappa shape index (κ3) is 5.44. The molecule has 0 aliphatic carbocycles. The minimum Gasteiger partial charge on any atom is -0.389 e. The van der Waals surface area contributed by atoms with Gasteiger partial charge in [0.05, 0.1) is 12.7 Å². The van der Waals surface area contributed by atoms with Crippen LogP contribution in [0.15, 0.2) is 0 Å². The first-order chi connectivity index (χ1) is 7.58. The van der Waals surface area contributed by atoms with Crippen LogP contribution < -0.4 is 10.6 Å². The fraction of sp³-hybridized carbons (Fsp3) is 0.909. The number of carbonyl (C=O) groups excluding carboxylic acids is 1. The van der Waals surface area contributed by atoms with E-state index in [1.54, 1.807) is 0 Å². The Labute approximate surface area is 96.6 Å². The van der Waals surface area contributed by atoms with Crippen molar-refractivity contribution in [2.75, 3.05) is 26.3 Å². The highest BCUT2D eigenvalue weighted by atomic mass is 16.5. The van der Waals surface area contributed by atoms with E-state index in [2.05, 4.69) is 24.5 Å². The number of carbonyl (C=O) groups is 1. The molecule has 0 aromatic heterocycles. The molecule has 1 aliphatic rings. The van der Waals surface area contributed by atoms with Gasteiger partial charge < -0.3 is 20.5 Å². The van der Waals surface area contributed by atoms with E-state index in [1.165, 1.54) is 0 Å². The van der Waals surface area contributed by atoms with Gasteiger partial charge in [0.15, 0.2) is 0 Å². The van der Waals surface area contributed by atoms with Gasteiger partial charge in [-0.05, 0) is 5.92 Å². The van der Waals surface area contributed by atoms with Crippen LogP contribution in [0.3, 0.4) is 0 Å². The molecule has 94 valence electrons. The molecular weight excluding hydrogens is 208 g/mol. The first-order valence-electron chi connectivity index (χ1n) is 5.83. The zero-order valence-electron chi connectivity index (χ0n) is 10.0. The molecule has 5 heteroatoms. The molecule has 2 unspecified atom stereocenters. The summed E-state index contributed by atoms with van der Waals surface area (Å²) in [7, 11) is 0. The Morgan fingerprint density at radius 2 is 2.31 bits per heavy atom. The summed E-state index contributed by atoms with van der Waals surface area (Å²) >= 11 is 0. The predicted octanol–water partition coefficient (Wildman–Crippen LogP) is -0.502. The van der Waals surface area contributed by atoms with Crippen LogP contribution in [0.1, 0.15) is 20.3 Å². The van der Waals surface area contributed by atoms with Crippen molar-refractivity contribution in [3.63, 3.8) is 0 Å². The van der Waals surface area contributed by atoms with Crippen molar-refractivity contribution in [3.8, 4) is 0 Å². The molecule has 1 rings (SSSR count). The molecule has 1 aliphatic heterocycles. The van der Waals surface area contributed by atoms with Gasteiger partial charge in [-0.3, -0.25) is 4.79 Å². The van der Waals surface area contributed by atoms with E-state index in [0.717, 1.165) is 0 Å². The molecule has 0 aromatic rings. The lowest BCUT2D eigenvalue weighted by molar-refractivity contribution is -0.119. The molecule has 1 fully saturated rings. The lowest BCUT2D eigenvalue weighted by Crippen LogP contribution is -2.38. The van der Waals surface area contributed by atoms with Gasteiger partial charge in [0.25, 0.3) is 0 Å². The largest absolute Gasteiger partial charge is 0.389 e. The average Bonchev–Trinajstić information content (AvgIpc) is 2.61. The number of amides is 1. The van der Waals surface area contributed by atoms with Crippen molar-refractivity contribution in [2.24, 2.45) is 5.92 Å². The molecule has 1 saturated heterocycles. The summed E-state index contributed by atoms with van der Waals surface area (Å²) in [5, 5.41) is 15.5. The summed E-state index contributed by atoms with van der Waals surface area (Å²) in [6.07, 6.45) is -0.00556. The normalized spacial score (nSPS) is 22.5. The third-order valence-corrected chi connectivity index (χ3v) is 2.38. The van der Waals surface area contributed by atoms with Crippen LogP contribution in [0.4, 0.5) is 0 Å². The van der Waals surface area contributed by atoms with Crippen LogP contribution in [0, 0.1) is 5.92 Å². The number of hydrogen-bond donors (Lipinski definition) is 3. The molecule has 0 aromatic carbocycles. The first-order valence-corrected chi connectivity index (χ1v) is 5.83. The molecule has 2 atom stereocenters. The SMILES string of the molecule is CC(C)COCC(O)CNC1CNC(=O)C1. The minimum absolute atomic E-state index is 0.0723. The fourth-order valence-corrected chi connectivity index (χ4v) is 1.55. The number of rotatable bonds is 7. The topological polar surface area (TPSA) is 70.6 Å². The number of aliphatic hydroxyl groups excluding tert-OH is 1. The van der Waals surface area contributed by atoms with Gasteiger partial charge in [0.1, 0.15) is 0 Å². The zero-order valence-corrected chi connectivity index (χ0v) is 10.0. The van der Waals surface area contributed by atoms with Crippen molar-refractivity contribution < 1.29 is 14.6 Å². The Hall–Kier alpha value is -0.650. The van der Waals surface area contributed by atoms with E-state index in [9.17, 15) is 9.90 Å². The number of aliphatic hydroxyl groups is 1. The number of hydrogen-bond acceptors (Lipinski definition) is 4. The lowest BCUT2D eigenvalue weighted by atomic mass is 10.2. The molecule has 1 amide bonds. The maximum absolute atomic E-state index is 10.9. The molecule has 0 radical (unpaired) electrons. The summed E-state index contributed by atoms with van der Waals surface area (Å²) in [6, 6.07) is 0.146. The van der Waals surface area contributed by atoms with Crippen molar-refractivity contribution in [1.29, 1.82) is 0 Å². The highest BCUT2D eigenvalue weighted by Gasteiger charge is 2.21. The average molecular weight is 230 g/mol. The van der Waals surface area contributed by atoms with Crippen molar-refractivity contribution in [1.82, 2.24) is 10.6 Å². The van der Waals surface area contributed by atoms with E-state index in [4.69, 9.17) is 4.74 Å². The monoisotopic (exact) mass is 230 g/mol. The molecule has 16 heavy (non-hydrogen) atoms. The van der Waals surface area contributed by atoms with E-state index >= 15 is 0 Å². The van der Waals surface area contributed by atoms with Crippen LogP contribution in [-0.4, -0.2) is 49.5 Å². The second-order valence-corrected chi connectivity index (χ2v) is 4.70. The van der Waals surface area contributed by atoms with E-state index in [1.807, 2.05) is 0 Å². The summed E-state index contributed by atoms with van der Waals surface area (Å²) in [5.41, 5.74) is 0. The van der Waals surface area contributed by atoms with Gasteiger partial charge in [-0.1, -0.05) is 13.8 Å². The van der Waals surface area contributed by atoms with Crippen molar-refractivity contribution in [2.45, 2.75) is 32.4 Å². The Bertz CT molecular complexity index is 221. The van der Waals surface area contributed by atoms with Gasteiger partial charge in [0, 0.05) is 32.2 Å². The standard InChI is InChI=1S/C11H22N2O3/c1-8(2)6-16-7-10(14)5-12-9-3-11(15)13-4-9/h8-10,12,14H,3-7H2,1-2H3,(H,13,15). The summed E-state index contributed by atoms with van der Waals surface area (Å²) < 4.78 is 5.32. The fourth-order valence-electron chi connectivity index (χ4n) is 1.55. The van der Waals surface area contributed by atoms with Crippen LogP contribution in [0.2, 0.25) is 0 Å². The van der Waals surface area contributed by atoms with Gasteiger partial charge in [-0.25, -0.2) is 0 Å². The predicted molar refractivity (Wildman–Crippen MR) is 61.1 cm³/mol. The van der Waals surface area contributed by atoms with E-state index < -0.39 is 6.10 Å². The number of nitrogens with one attached hydrogen (secondary N) is 2. The molecule has 5 nitrogen and oxygen atoms in total. The van der Waals surface area contributed by atoms with Crippen LogP contribution >= 0.6 is 0 Å². The second-order valence-electron chi connectivity index (χ2n) is 4.70. The Kier molecular flexibility index (Phi) is 5.73. The lowest BCUT2D eigenvalue weighted by Gasteiger charge is -2.16. The third-order valence-electron chi connectivity index (χ3n) is 2.38. The van der Waals surface area contributed by atoms with Crippen LogP contribution in [0.25, 0.3) is 0 Å². The highest BCUT2D eigenvalue weighted by Crippen LogP contribution is 1.99. The molecule has 0 spiro atoms. The van der Waals surface area contributed by atoms with Gasteiger partial charge in [-0.2, -0.15) is 0 Å². The molecule has 0 saturated carbocycles. The molecule has 0 bridgehead atoms. The van der Waals surface area contributed by atoms with Gasteiger partial charge in [0.2, 0.25) is 5.91 Å². The first kappa shape index (κ1) is 13.4. The quantitative estimate of drug-likeness (QED) is 0.551. The van der Waals surface area contributed by atoms with Crippen LogP contribution in [-0.2, 0) is 9.53 Å². The second kappa shape index (κ2) is 6.83. The highest BCUT2D eigenvalue weighted by molar-refractivity contribution is 5.78. The van der Waals surface area contributed by atoms with E-state index in [-0.39, 0.29) is 11.9 Å². The Balaban J connectivity index is 2.01. The smallest absolute Gasteiger partial charge is 0.221 e. The Morgan fingerprint density at radius 3 is 2.88 bits per heavy atom. The maximum Gasteiger partial charge on any atom is 0.221 e. The summed E-state index contributed by atoms with van der Waals surface area (Å²) in [4.78, 5) is 10.9. The zero-order chi connectivity index (χ0) is 12.0.